The first-order chi connectivity index (χ1) is 4.70. The Balaban J connectivity index is 3.62. The summed E-state index contributed by atoms with van der Waals surface area (Å²) in [6, 6.07) is 0. The van der Waals surface area contributed by atoms with Gasteiger partial charge < -0.3 is 0 Å². The Labute approximate surface area is 64.6 Å². The van der Waals surface area contributed by atoms with Gasteiger partial charge in [0, 0.05) is 0 Å². The van der Waals surface area contributed by atoms with Crippen LogP contribution >= 0.6 is 0 Å². The van der Waals surface area contributed by atoms with E-state index in [1.807, 2.05) is 6.08 Å². The molecule has 0 aliphatic carbocycles. The Hall–Kier alpha value is -0.520. The molecule has 0 amide bonds. The second-order valence-corrected chi connectivity index (χ2v) is 2.87. The second kappa shape index (κ2) is 5.28. The molecular formula is C10H18. The summed E-state index contributed by atoms with van der Waals surface area (Å²) in [5, 5.41) is 0. The highest BCUT2D eigenvalue weighted by atomic mass is 14.0. The molecule has 0 saturated heterocycles. The molecule has 0 spiro atoms. The van der Waals surface area contributed by atoms with Gasteiger partial charge in [-0.25, -0.2) is 0 Å². The molecule has 0 rings (SSSR count). The predicted octanol–water partition coefficient (Wildman–Crippen LogP) is 3.41. The van der Waals surface area contributed by atoms with Crippen LogP contribution in [0.3, 0.4) is 0 Å². The first-order valence-electron chi connectivity index (χ1n) is 4.01. The monoisotopic (exact) mass is 138 g/mol. The normalized spacial score (nSPS) is 17.1. The first-order valence-corrected chi connectivity index (χ1v) is 4.01. The molecule has 58 valence electrons. The van der Waals surface area contributed by atoms with E-state index in [0.717, 1.165) is 0 Å². The number of allylic oxidation sites excluding steroid dienone is 3. The van der Waals surface area contributed by atoms with E-state index in [4.69, 9.17) is 0 Å². The van der Waals surface area contributed by atoms with Crippen LogP contribution in [-0.4, -0.2) is 0 Å². The third-order valence-corrected chi connectivity index (χ3v) is 1.76. The Morgan fingerprint density at radius 2 is 1.90 bits per heavy atom. The van der Waals surface area contributed by atoms with Crippen molar-refractivity contribution in [3.63, 3.8) is 0 Å². The van der Waals surface area contributed by atoms with E-state index >= 15 is 0 Å². The summed E-state index contributed by atoms with van der Waals surface area (Å²) in [5.74, 6) is 1.23. The Bertz CT molecular complexity index is 111. The molecular weight excluding hydrogens is 120 g/mol. The summed E-state index contributed by atoms with van der Waals surface area (Å²) in [4.78, 5) is 0. The SMILES string of the molecule is C=CC(C)C=CC(C)CC. The third kappa shape index (κ3) is 4.37. The van der Waals surface area contributed by atoms with Gasteiger partial charge in [0.25, 0.3) is 0 Å². The zero-order valence-corrected chi connectivity index (χ0v) is 7.30. The van der Waals surface area contributed by atoms with Gasteiger partial charge in [0.05, 0.1) is 0 Å². The summed E-state index contributed by atoms with van der Waals surface area (Å²) in [6.45, 7) is 10.3. The lowest BCUT2D eigenvalue weighted by Gasteiger charge is -2.01. The number of hydrogen-bond acceptors (Lipinski definition) is 0. The van der Waals surface area contributed by atoms with E-state index in [0.29, 0.717) is 11.8 Å². The van der Waals surface area contributed by atoms with Crippen LogP contribution in [0.5, 0.6) is 0 Å². The molecule has 0 fully saturated rings. The van der Waals surface area contributed by atoms with Crippen molar-refractivity contribution in [2.75, 3.05) is 0 Å². The van der Waals surface area contributed by atoms with Crippen molar-refractivity contribution in [2.45, 2.75) is 27.2 Å². The first kappa shape index (κ1) is 9.48. The van der Waals surface area contributed by atoms with Crippen LogP contribution in [0.4, 0.5) is 0 Å². The number of rotatable bonds is 4. The van der Waals surface area contributed by atoms with Gasteiger partial charge in [0.2, 0.25) is 0 Å². The largest absolute Gasteiger partial charge is 0.102 e. The lowest BCUT2D eigenvalue weighted by Crippen LogP contribution is -1.87. The zero-order valence-electron chi connectivity index (χ0n) is 7.30. The molecule has 0 saturated carbocycles. The van der Waals surface area contributed by atoms with E-state index in [1.165, 1.54) is 6.42 Å². The van der Waals surface area contributed by atoms with Gasteiger partial charge in [-0.15, -0.1) is 6.58 Å². The van der Waals surface area contributed by atoms with E-state index in [9.17, 15) is 0 Å². The van der Waals surface area contributed by atoms with E-state index in [-0.39, 0.29) is 0 Å². The second-order valence-electron chi connectivity index (χ2n) is 2.87. The average molecular weight is 138 g/mol. The standard InChI is InChI=1S/C10H18/c1-5-9(3)7-8-10(4)6-2/h5,7-10H,1,6H2,2-4H3. The molecule has 0 aliphatic rings. The van der Waals surface area contributed by atoms with Crippen molar-refractivity contribution in [3.05, 3.63) is 24.8 Å². The Morgan fingerprint density at radius 3 is 2.30 bits per heavy atom. The molecule has 0 heterocycles. The predicted molar refractivity (Wildman–Crippen MR) is 48.0 cm³/mol. The summed E-state index contributed by atoms with van der Waals surface area (Å²) < 4.78 is 0. The highest BCUT2D eigenvalue weighted by Gasteiger charge is 1.91. The summed E-state index contributed by atoms with van der Waals surface area (Å²) in [7, 11) is 0. The van der Waals surface area contributed by atoms with E-state index < -0.39 is 0 Å². The van der Waals surface area contributed by atoms with Gasteiger partial charge >= 0.3 is 0 Å². The minimum absolute atomic E-state index is 0.522. The fraction of sp³-hybridized carbons (Fsp3) is 0.600. The van der Waals surface area contributed by atoms with E-state index in [2.05, 4.69) is 39.5 Å². The molecule has 0 heteroatoms. The minimum atomic E-state index is 0.522. The van der Waals surface area contributed by atoms with Crippen LogP contribution in [0.25, 0.3) is 0 Å². The van der Waals surface area contributed by atoms with Crippen LogP contribution in [0.2, 0.25) is 0 Å². The van der Waals surface area contributed by atoms with Crippen LogP contribution in [0.1, 0.15) is 27.2 Å². The smallest absolute Gasteiger partial charge is 0.00845 e. The zero-order chi connectivity index (χ0) is 7.98. The van der Waals surface area contributed by atoms with E-state index in [1.54, 1.807) is 0 Å². The molecule has 0 aliphatic heterocycles. The maximum absolute atomic E-state index is 3.71. The number of hydrogen-bond donors (Lipinski definition) is 0. The molecule has 2 unspecified atom stereocenters. The molecule has 10 heavy (non-hydrogen) atoms. The summed E-state index contributed by atoms with van der Waals surface area (Å²) >= 11 is 0. The van der Waals surface area contributed by atoms with Gasteiger partial charge in [0.15, 0.2) is 0 Å². The molecule has 0 aromatic heterocycles. The summed E-state index contributed by atoms with van der Waals surface area (Å²) in [6.07, 6.45) is 7.65. The average Bonchev–Trinajstić information content (AvgIpc) is 1.99. The van der Waals surface area contributed by atoms with Crippen molar-refractivity contribution in [1.29, 1.82) is 0 Å². The molecule has 0 radical (unpaired) electrons. The van der Waals surface area contributed by atoms with Crippen molar-refractivity contribution in [2.24, 2.45) is 11.8 Å². The Kier molecular flexibility index (Phi) is 5.00. The van der Waals surface area contributed by atoms with Gasteiger partial charge in [-0.2, -0.15) is 0 Å². The van der Waals surface area contributed by atoms with Crippen LogP contribution in [0.15, 0.2) is 24.8 Å². The quantitative estimate of drug-likeness (QED) is 0.522. The van der Waals surface area contributed by atoms with Crippen molar-refractivity contribution in [3.8, 4) is 0 Å². The van der Waals surface area contributed by atoms with Gasteiger partial charge in [-0.1, -0.05) is 45.4 Å². The maximum Gasteiger partial charge on any atom is -0.00845 e. The highest BCUT2D eigenvalue weighted by Crippen LogP contribution is 2.05. The van der Waals surface area contributed by atoms with Gasteiger partial charge in [0.1, 0.15) is 0 Å². The van der Waals surface area contributed by atoms with Crippen LogP contribution in [-0.2, 0) is 0 Å². The van der Waals surface area contributed by atoms with Crippen molar-refractivity contribution >= 4 is 0 Å². The molecule has 2 atom stereocenters. The fourth-order valence-corrected chi connectivity index (χ4v) is 0.580. The third-order valence-electron chi connectivity index (χ3n) is 1.76. The molecule has 0 aromatic carbocycles. The topological polar surface area (TPSA) is 0 Å². The van der Waals surface area contributed by atoms with Crippen molar-refractivity contribution in [1.82, 2.24) is 0 Å². The lowest BCUT2D eigenvalue weighted by atomic mass is 10.1. The van der Waals surface area contributed by atoms with Crippen LogP contribution < -0.4 is 0 Å². The Morgan fingerprint density at radius 1 is 1.30 bits per heavy atom. The van der Waals surface area contributed by atoms with Crippen LogP contribution in [0, 0.1) is 11.8 Å². The molecule has 0 bridgehead atoms. The maximum atomic E-state index is 3.71. The fourth-order valence-electron chi connectivity index (χ4n) is 0.580. The lowest BCUT2D eigenvalue weighted by molar-refractivity contribution is 0.691. The molecule has 0 aromatic rings. The summed E-state index contributed by atoms with van der Waals surface area (Å²) in [5.41, 5.74) is 0. The van der Waals surface area contributed by atoms with Crippen molar-refractivity contribution < 1.29 is 0 Å². The van der Waals surface area contributed by atoms with Gasteiger partial charge in [-0.05, 0) is 11.8 Å². The van der Waals surface area contributed by atoms with Gasteiger partial charge in [-0.3, -0.25) is 0 Å². The minimum Gasteiger partial charge on any atom is -0.102 e. The highest BCUT2D eigenvalue weighted by molar-refractivity contribution is 4.96. The molecule has 0 N–H and O–H groups in total. The molecule has 0 nitrogen and oxygen atoms in total.